The van der Waals surface area contributed by atoms with Crippen molar-refractivity contribution in [1.29, 1.82) is 0 Å². The van der Waals surface area contributed by atoms with E-state index in [4.69, 9.17) is 0 Å². The monoisotopic (exact) mass is 820 g/mol. The maximum absolute atomic E-state index is 3.76. The predicted octanol–water partition coefficient (Wildman–Crippen LogP) is 11.7. The highest BCUT2D eigenvalue weighted by molar-refractivity contribution is 14.2. The van der Waals surface area contributed by atoms with Crippen molar-refractivity contribution in [2.24, 2.45) is 0 Å². The van der Waals surface area contributed by atoms with Gasteiger partial charge in [0.05, 0.1) is 12.7 Å². The van der Waals surface area contributed by atoms with Gasteiger partial charge in [0.15, 0.2) is 0 Å². The van der Waals surface area contributed by atoms with Gasteiger partial charge in [0, 0.05) is 66.0 Å². The Bertz CT molecular complexity index is 879. The molecule has 0 radical (unpaired) electrons. The minimum atomic E-state index is 1.16. The van der Waals surface area contributed by atoms with Crippen molar-refractivity contribution < 1.29 is 0 Å². The van der Waals surface area contributed by atoms with Crippen molar-refractivity contribution >= 4 is 138 Å². The normalized spacial score (nSPS) is 11.2. The second kappa shape index (κ2) is 13.5. The fraction of sp³-hybridized carbons (Fsp3) is 0.0588. The van der Waals surface area contributed by atoms with Crippen LogP contribution in [0, 0.1) is 6.92 Å². The zero-order chi connectivity index (χ0) is 19.8. The molecule has 0 spiro atoms. The number of thioether (sulfide) groups is 1. The molecule has 144 valence electrons. The van der Waals surface area contributed by atoms with E-state index in [2.05, 4.69) is 117 Å². The molecule has 0 bridgehead atoms. The molecule has 3 aromatic rings. The number of hydrogen-bond acceptors (Lipinski definition) is 6. The molecule has 0 nitrogen and oxygen atoms in total. The third kappa shape index (κ3) is 8.24. The van der Waals surface area contributed by atoms with Crippen LogP contribution in [0.15, 0.2) is 70.0 Å². The summed E-state index contributed by atoms with van der Waals surface area (Å²) in [5.74, 6) is 0. The summed E-state index contributed by atoms with van der Waals surface area (Å²) in [7, 11) is 3.48. The summed E-state index contributed by atoms with van der Waals surface area (Å²) in [4.78, 5) is 3.92. The van der Waals surface area contributed by atoms with Crippen molar-refractivity contribution in [1.82, 2.24) is 0 Å². The fourth-order valence-electron chi connectivity index (χ4n) is 1.69. The van der Waals surface area contributed by atoms with Crippen LogP contribution in [0.3, 0.4) is 0 Å². The quantitative estimate of drug-likeness (QED) is 0.138. The highest BCUT2D eigenvalue weighted by atomic mass is 127. The van der Waals surface area contributed by atoms with Gasteiger partial charge in [-0.1, -0.05) is 30.5 Å². The molecule has 3 heterocycles. The highest BCUT2D eigenvalue weighted by Gasteiger charge is 2.13. The van der Waals surface area contributed by atoms with Gasteiger partial charge in [-0.3, -0.25) is 0 Å². The van der Waals surface area contributed by atoms with Crippen molar-refractivity contribution in [2.45, 2.75) is 15.3 Å². The van der Waals surface area contributed by atoms with Crippen molar-refractivity contribution in [3.8, 4) is 9.75 Å². The Labute approximate surface area is 225 Å². The molecule has 0 fully saturated rings. The summed E-state index contributed by atoms with van der Waals surface area (Å²) in [6.07, 6.45) is 3.87. The number of aryl methyl sites for hydroxylation is 1. The first-order chi connectivity index (χ1) is 13.0. The number of hydrogen-bond donors (Lipinski definition) is 0. The molecule has 0 saturated heterocycles. The predicted molar refractivity (Wildman–Crippen MR) is 158 cm³/mol. The lowest BCUT2D eigenvalue weighted by atomic mass is 10.4. The van der Waals surface area contributed by atoms with Crippen molar-refractivity contribution in [3.63, 3.8) is 0 Å². The van der Waals surface area contributed by atoms with E-state index in [1.165, 1.54) is 31.8 Å². The van der Waals surface area contributed by atoms with Crippen LogP contribution in [-0.2, 0) is 0 Å². The van der Waals surface area contributed by atoms with Gasteiger partial charge < -0.3 is 0 Å². The van der Waals surface area contributed by atoms with Crippen LogP contribution in [0.4, 0.5) is 0 Å². The Morgan fingerprint density at radius 1 is 1.15 bits per heavy atom. The Hall–Kier alpha value is 2.05. The lowest BCUT2D eigenvalue weighted by molar-refractivity contribution is 1.59. The molecule has 10 heteroatoms. The Kier molecular flexibility index (Phi) is 12.6. The molecule has 0 amide bonds. The number of rotatable bonds is 6. The summed E-state index contributed by atoms with van der Waals surface area (Å²) in [6.45, 7) is 5.89. The van der Waals surface area contributed by atoms with E-state index < -0.39 is 0 Å². The standard InChI is InChI=1S/C13H9Br2IS4.C4H3IS2/c1-3-4-12(20-16)19-13-9(15)6-11(18-13)10-5-8(14)7(2)17-10;5-7-4-2-1-3-6-4/h3-6H,1H2,2H3;1-3H/b12-4+;. The van der Waals surface area contributed by atoms with Crippen molar-refractivity contribution in [2.75, 3.05) is 0 Å². The van der Waals surface area contributed by atoms with Crippen molar-refractivity contribution in [3.05, 3.63) is 66.4 Å². The molecule has 0 aromatic carbocycles. The van der Waals surface area contributed by atoms with E-state index in [0.29, 0.717) is 0 Å². The first-order valence-corrected chi connectivity index (χ1v) is 18.8. The first kappa shape index (κ1) is 25.3. The molecule has 0 saturated carbocycles. The number of allylic oxidation sites excluding steroid dienone is 2. The molecule has 0 aliphatic carbocycles. The fourth-order valence-corrected chi connectivity index (χ4v) is 10.4. The van der Waals surface area contributed by atoms with Crippen LogP contribution in [0.2, 0.25) is 0 Å². The van der Waals surface area contributed by atoms with Gasteiger partial charge in [0.1, 0.15) is 0 Å². The SMILES string of the molecule is C=C/C=C(/SI)Sc1sc(-c2cc(Br)c(C)s2)cc1Br.ISc1cccs1. The molecule has 0 aliphatic rings. The largest absolute Gasteiger partial charge is 0.139 e. The average molecular weight is 822 g/mol. The van der Waals surface area contributed by atoms with Gasteiger partial charge >= 0.3 is 0 Å². The molecule has 0 aliphatic heterocycles. The first-order valence-electron chi connectivity index (χ1n) is 7.15. The molecule has 3 rings (SSSR count). The minimum absolute atomic E-state index is 1.16. The number of thiophene rings is 3. The van der Waals surface area contributed by atoms with Crippen LogP contribution in [0.5, 0.6) is 0 Å². The Balaban J connectivity index is 0.000000313. The van der Waals surface area contributed by atoms with E-state index in [0.717, 1.165) is 4.47 Å². The number of halogens is 4. The smallest absolute Gasteiger partial charge is 0.0800 e. The molecule has 0 N–H and O–H groups in total. The van der Waals surface area contributed by atoms with Crippen LogP contribution in [0.1, 0.15) is 4.88 Å². The second-order valence-electron chi connectivity index (χ2n) is 4.67. The summed E-state index contributed by atoms with van der Waals surface area (Å²) >= 11 is 19.0. The Morgan fingerprint density at radius 3 is 2.33 bits per heavy atom. The van der Waals surface area contributed by atoms with Gasteiger partial charge in [0.25, 0.3) is 0 Å². The zero-order valence-corrected chi connectivity index (χ0v) is 26.1. The zero-order valence-electron chi connectivity index (χ0n) is 13.7. The lowest BCUT2D eigenvalue weighted by Gasteiger charge is -1.99. The molecule has 0 unspecified atom stereocenters. The third-order valence-electron chi connectivity index (χ3n) is 2.85. The molecular weight excluding hydrogens is 810 g/mol. The van der Waals surface area contributed by atoms with Gasteiger partial charge in [-0.15, -0.1) is 34.0 Å². The minimum Gasteiger partial charge on any atom is -0.139 e. The maximum Gasteiger partial charge on any atom is 0.0800 e. The second-order valence-corrected chi connectivity index (χ2v) is 15.3. The van der Waals surface area contributed by atoms with Gasteiger partial charge in [-0.05, 0) is 86.3 Å². The Morgan fingerprint density at radius 2 is 1.85 bits per heavy atom. The van der Waals surface area contributed by atoms with E-state index in [9.17, 15) is 0 Å². The molecule has 3 aromatic heterocycles. The summed E-state index contributed by atoms with van der Waals surface area (Å²) < 4.78 is 6.23. The summed E-state index contributed by atoms with van der Waals surface area (Å²) in [6, 6.07) is 8.57. The third-order valence-corrected chi connectivity index (χ3v) is 15.4. The van der Waals surface area contributed by atoms with E-state index in [-0.39, 0.29) is 0 Å². The van der Waals surface area contributed by atoms with Gasteiger partial charge in [-0.25, -0.2) is 0 Å². The van der Waals surface area contributed by atoms with E-state index in [1.54, 1.807) is 41.0 Å². The van der Waals surface area contributed by atoms with Crippen LogP contribution in [-0.4, -0.2) is 0 Å². The maximum atomic E-state index is 3.76. The summed E-state index contributed by atoms with van der Waals surface area (Å²) in [5, 5.41) is 2.08. The van der Waals surface area contributed by atoms with Gasteiger partial charge in [-0.2, -0.15) is 0 Å². The van der Waals surface area contributed by atoms with Crippen LogP contribution >= 0.6 is 138 Å². The lowest BCUT2D eigenvalue weighted by Crippen LogP contribution is -1.64. The molecular formula is C17H12Br2I2S6. The topological polar surface area (TPSA) is 0 Å². The summed E-state index contributed by atoms with van der Waals surface area (Å²) in [5.41, 5.74) is 0. The highest BCUT2D eigenvalue weighted by Crippen LogP contribution is 2.48. The van der Waals surface area contributed by atoms with E-state index in [1.807, 2.05) is 34.8 Å². The van der Waals surface area contributed by atoms with E-state index >= 15 is 0 Å². The van der Waals surface area contributed by atoms with Gasteiger partial charge in [0.2, 0.25) is 0 Å². The average Bonchev–Trinajstić information content (AvgIpc) is 3.37. The van der Waals surface area contributed by atoms with Crippen LogP contribution < -0.4 is 0 Å². The molecule has 0 atom stereocenters. The molecule has 27 heavy (non-hydrogen) atoms. The van der Waals surface area contributed by atoms with Crippen LogP contribution in [0.25, 0.3) is 9.75 Å².